The molecular weight excluding hydrogens is 370 g/mol. The number of nitrogens with zero attached hydrogens (tertiary/aromatic N) is 3. The van der Waals surface area contributed by atoms with Crippen molar-refractivity contribution in [3.05, 3.63) is 24.3 Å². The maximum absolute atomic E-state index is 12.9. The molecule has 0 saturated carbocycles. The van der Waals surface area contributed by atoms with Crippen LogP contribution in [0.2, 0.25) is 0 Å². The first-order chi connectivity index (χ1) is 12.5. The summed E-state index contributed by atoms with van der Waals surface area (Å²) in [4.78, 5) is 38.9. The molecule has 0 atom stereocenters. The maximum atomic E-state index is 12.9. The van der Waals surface area contributed by atoms with Crippen LogP contribution in [-0.2, 0) is 24.4 Å². The summed E-state index contributed by atoms with van der Waals surface area (Å²) in [5.74, 6) is -1.16. The maximum Gasteiger partial charge on any atom is 0.243 e. The Morgan fingerprint density at radius 3 is 1.89 bits per heavy atom. The van der Waals surface area contributed by atoms with Crippen molar-refractivity contribution < 1.29 is 22.8 Å². The first-order valence-corrected chi connectivity index (χ1v) is 10.5. The number of benzene rings is 1. The van der Waals surface area contributed by atoms with Gasteiger partial charge in [0.25, 0.3) is 0 Å². The Hall–Kier alpha value is -2.42. The Morgan fingerprint density at radius 2 is 1.48 bits per heavy atom. The fourth-order valence-corrected chi connectivity index (χ4v) is 4.06. The summed E-state index contributed by atoms with van der Waals surface area (Å²) in [6.45, 7) is 3.77. The zero-order chi connectivity index (χ0) is 20.4. The predicted octanol–water partition coefficient (Wildman–Crippen LogP) is 1.22. The largest absolute Gasteiger partial charge is 0.343 e. The molecule has 1 saturated heterocycles. The van der Waals surface area contributed by atoms with Gasteiger partial charge in [-0.15, -0.1) is 0 Å². The zero-order valence-corrected chi connectivity index (χ0v) is 16.8. The first kappa shape index (κ1) is 20.9. The van der Waals surface area contributed by atoms with Crippen molar-refractivity contribution in [2.24, 2.45) is 5.92 Å². The zero-order valence-electron chi connectivity index (χ0n) is 16.0. The van der Waals surface area contributed by atoms with Gasteiger partial charge in [0, 0.05) is 45.6 Å². The molecule has 3 amide bonds. The summed E-state index contributed by atoms with van der Waals surface area (Å²) in [6.07, 6.45) is 1.84. The van der Waals surface area contributed by atoms with Crippen LogP contribution in [0.15, 0.2) is 24.3 Å². The van der Waals surface area contributed by atoms with Crippen LogP contribution in [-0.4, -0.2) is 57.4 Å². The van der Waals surface area contributed by atoms with Crippen molar-refractivity contribution in [1.29, 1.82) is 0 Å². The highest BCUT2D eigenvalue weighted by atomic mass is 32.2. The van der Waals surface area contributed by atoms with Crippen LogP contribution in [0.5, 0.6) is 0 Å². The van der Waals surface area contributed by atoms with Gasteiger partial charge in [-0.3, -0.25) is 14.4 Å². The topological polar surface area (TPSA) is 95.1 Å². The molecule has 1 aromatic carbocycles. The lowest BCUT2D eigenvalue weighted by atomic mass is 9.95. The molecular formula is C18H25N3O5S. The van der Waals surface area contributed by atoms with Crippen molar-refractivity contribution in [2.45, 2.75) is 26.7 Å². The Kier molecular flexibility index (Phi) is 6.25. The molecule has 0 N–H and O–H groups in total. The van der Waals surface area contributed by atoms with E-state index in [-0.39, 0.29) is 17.5 Å². The SMILES string of the molecule is CC(=O)N1CCC(C(=O)N(c2ccc(N(C)C(C)=O)cc2)S(C)(=O)=O)CC1. The van der Waals surface area contributed by atoms with Crippen LogP contribution in [0.1, 0.15) is 26.7 Å². The highest BCUT2D eigenvalue weighted by Gasteiger charge is 2.34. The van der Waals surface area contributed by atoms with Crippen LogP contribution in [0, 0.1) is 5.92 Å². The third-order valence-corrected chi connectivity index (χ3v) is 5.82. The molecule has 1 aromatic rings. The van der Waals surface area contributed by atoms with E-state index in [9.17, 15) is 22.8 Å². The molecule has 8 nitrogen and oxygen atoms in total. The molecule has 1 aliphatic rings. The molecule has 0 unspecified atom stereocenters. The normalized spacial score (nSPS) is 15.3. The minimum absolute atomic E-state index is 0.0500. The smallest absolute Gasteiger partial charge is 0.243 e. The van der Waals surface area contributed by atoms with Gasteiger partial charge < -0.3 is 9.80 Å². The van der Waals surface area contributed by atoms with E-state index >= 15 is 0 Å². The molecule has 148 valence electrons. The van der Waals surface area contributed by atoms with E-state index in [1.807, 2.05) is 0 Å². The number of carbonyl (C=O) groups excluding carboxylic acids is 3. The Labute approximate surface area is 159 Å². The van der Waals surface area contributed by atoms with Gasteiger partial charge in [-0.1, -0.05) is 0 Å². The van der Waals surface area contributed by atoms with Crippen molar-refractivity contribution in [1.82, 2.24) is 4.90 Å². The summed E-state index contributed by atoms with van der Waals surface area (Å²) in [7, 11) is -2.21. The lowest BCUT2D eigenvalue weighted by molar-refractivity contribution is -0.132. The molecule has 0 bridgehead atoms. The summed E-state index contributed by atoms with van der Waals surface area (Å²) in [5.41, 5.74) is 0.833. The molecule has 0 radical (unpaired) electrons. The number of piperidine rings is 1. The van der Waals surface area contributed by atoms with E-state index in [0.29, 0.717) is 31.6 Å². The highest BCUT2D eigenvalue weighted by Crippen LogP contribution is 2.27. The van der Waals surface area contributed by atoms with Gasteiger partial charge in [-0.25, -0.2) is 12.7 Å². The number of anilines is 2. The number of hydrogen-bond acceptors (Lipinski definition) is 5. The number of rotatable bonds is 4. The molecule has 0 aliphatic carbocycles. The lowest BCUT2D eigenvalue weighted by Crippen LogP contribution is -2.45. The number of sulfonamides is 1. The summed E-state index contributed by atoms with van der Waals surface area (Å²) < 4.78 is 25.4. The highest BCUT2D eigenvalue weighted by molar-refractivity contribution is 7.92. The quantitative estimate of drug-likeness (QED) is 0.764. The van der Waals surface area contributed by atoms with Crippen LogP contribution in [0.4, 0.5) is 11.4 Å². The summed E-state index contributed by atoms with van der Waals surface area (Å²) in [5, 5.41) is 0. The third kappa shape index (κ3) is 4.85. The second-order valence-corrected chi connectivity index (χ2v) is 8.57. The fraction of sp³-hybridized carbons (Fsp3) is 0.500. The average Bonchev–Trinajstić information content (AvgIpc) is 2.60. The van der Waals surface area contributed by atoms with Gasteiger partial charge in [0.05, 0.1) is 11.9 Å². The monoisotopic (exact) mass is 395 g/mol. The Morgan fingerprint density at radius 1 is 1.00 bits per heavy atom. The second kappa shape index (κ2) is 8.08. The standard InChI is InChI=1S/C18H25N3O5S/c1-13(22)19(3)16-5-7-17(8-6-16)21(27(4,25)26)18(24)15-9-11-20(12-10-15)14(2)23/h5-8,15H,9-12H2,1-4H3. The van der Waals surface area contributed by atoms with Crippen LogP contribution < -0.4 is 9.21 Å². The van der Waals surface area contributed by atoms with Crippen molar-refractivity contribution in [3.8, 4) is 0 Å². The minimum Gasteiger partial charge on any atom is -0.343 e. The number of carbonyl (C=O) groups is 3. The van der Waals surface area contributed by atoms with Gasteiger partial charge in [-0.05, 0) is 37.1 Å². The first-order valence-electron chi connectivity index (χ1n) is 8.66. The summed E-state index contributed by atoms with van der Waals surface area (Å²) >= 11 is 0. The molecule has 1 fully saturated rings. The van der Waals surface area contributed by atoms with Gasteiger partial charge in [-0.2, -0.15) is 0 Å². The molecule has 0 aromatic heterocycles. The van der Waals surface area contributed by atoms with E-state index < -0.39 is 21.8 Å². The second-order valence-electron chi connectivity index (χ2n) is 6.74. The molecule has 1 aliphatic heterocycles. The van der Waals surface area contributed by atoms with Crippen molar-refractivity contribution in [2.75, 3.05) is 35.6 Å². The molecule has 9 heteroatoms. The summed E-state index contributed by atoms with van der Waals surface area (Å²) in [6, 6.07) is 6.22. The van der Waals surface area contributed by atoms with E-state index in [1.54, 1.807) is 24.1 Å². The van der Waals surface area contributed by atoms with Crippen LogP contribution in [0.3, 0.4) is 0 Å². The molecule has 2 rings (SSSR count). The Bertz CT molecular complexity index is 827. The third-order valence-electron chi connectivity index (χ3n) is 4.77. The van der Waals surface area contributed by atoms with E-state index in [1.165, 1.54) is 30.9 Å². The fourth-order valence-electron chi connectivity index (χ4n) is 3.08. The van der Waals surface area contributed by atoms with E-state index in [0.717, 1.165) is 10.6 Å². The Balaban J connectivity index is 2.25. The number of hydrogen-bond donors (Lipinski definition) is 0. The average molecular weight is 395 g/mol. The van der Waals surface area contributed by atoms with Gasteiger partial charge in [0.1, 0.15) is 0 Å². The van der Waals surface area contributed by atoms with Crippen molar-refractivity contribution >= 4 is 39.1 Å². The van der Waals surface area contributed by atoms with Crippen LogP contribution >= 0.6 is 0 Å². The van der Waals surface area contributed by atoms with E-state index in [2.05, 4.69) is 0 Å². The molecule has 1 heterocycles. The van der Waals surface area contributed by atoms with E-state index in [4.69, 9.17) is 0 Å². The number of likely N-dealkylation sites (tertiary alicyclic amines) is 1. The number of amides is 3. The minimum atomic E-state index is -3.82. The van der Waals surface area contributed by atoms with Gasteiger partial charge in [0.15, 0.2) is 0 Å². The molecule has 0 spiro atoms. The molecule has 27 heavy (non-hydrogen) atoms. The lowest BCUT2D eigenvalue weighted by Gasteiger charge is -2.33. The van der Waals surface area contributed by atoms with Crippen LogP contribution in [0.25, 0.3) is 0 Å². The predicted molar refractivity (Wildman–Crippen MR) is 103 cm³/mol. The van der Waals surface area contributed by atoms with Crippen molar-refractivity contribution in [3.63, 3.8) is 0 Å². The van der Waals surface area contributed by atoms with Gasteiger partial charge >= 0.3 is 0 Å². The van der Waals surface area contributed by atoms with Gasteiger partial charge in [0.2, 0.25) is 27.7 Å².